The van der Waals surface area contributed by atoms with Crippen molar-refractivity contribution >= 4 is 28.7 Å². The number of thiazole rings is 1. The van der Waals surface area contributed by atoms with Gasteiger partial charge in [0, 0.05) is 29.9 Å². The van der Waals surface area contributed by atoms with Gasteiger partial charge in [0.15, 0.2) is 11.6 Å². The third-order valence-corrected chi connectivity index (χ3v) is 6.37. The van der Waals surface area contributed by atoms with Gasteiger partial charge in [0.25, 0.3) is 0 Å². The lowest BCUT2D eigenvalue weighted by molar-refractivity contribution is 0.262. The summed E-state index contributed by atoms with van der Waals surface area (Å²) in [5, 5.41) is 5.90. The van der Waals surface area contributed by atoms with Gasteiger partial charge in [-0.1, -0.05) is 31.4 Å². The van der Waals surface area contributed by atoms with Crippen molar-refractivity contribution in [1.29, 1.82) is 0 Å². The first-order chi connectivity index (χ1) is 14.5. The van der Waals surface area contributed by atoms with Crippen LogP contribution in [-0.2, 0) is 0 Å². The molecule has 1 aliphatic carbocycles. The Bertz CT molecular complexity index is 1050. The number of anilines is 2. The lowest BCUT2D eigenvalue weighted by atomic mass is 9.90. The van der Waals surface area contributed by atoms with E-state index in [1.807, 2.05) is 18.3 Å². The number of halogens is 3. The van der Waals surface area contributed by atoms with Crippen molar-refractivity contribution in [1.82, 2.24) is 4.98 Å². The maximum atomic E-state index is 13.7. The topological polar surface area (TPSA) is 54.0 Å². The number of urea groups is 1. The molecular formula is C22H20F3N3OS. The summed E-state index contributed by atoms with van der Waals surface area (Å²) in [6, 6.07) is 7.40. The average Bonchev–Trinajstić information content (AvgIpc) is 3.23. The Hall–Kier alpha value is -2.87. The van der Waals surface area contributed by atoms with Gasteiger partial charge in [0.05, 0.1) is 15.6 Å². The molecule has 4 rings (SSSR count). The van der Waals surface area contributed by atoms with E-state index in [4.69, 9.17) is 0 Å². The Balaban J connectivity index is 1.39. The number of amides is 2. The summed E-state index contributed by atoms with van der Waals surface area (Å²) in [6.45, 7) is 0. The van der Waals surface area contributed by atoms with Crippen LogP contribution in [0.4, 0.5) is 29.3 Å². The molecule has 0 bridgehead atoms. The van der Waals surface area contributed by atoms with Gasteiger partial charge < -0.3 is 10.6 Å². The van der Waals surface area contributed by atoms with Crippen LogP contribution in [-0.4, -0.2) is 11.0 Å². The molecule has 1 heterocycles. The molecule has 2 amide bonds. The molecule has 4 nitrogen and oxygen atoms in total. The maximum absolute atomic E-state index is 13.7. The summed E-state index contributed by atoms with van der Waals surface area (Å²) in [7, 11) is 0. The number of nitrogens with one attached hydrogen (secondary N) is 2. The molecule has 1 aliphatic rings. The molecule has 30 heavy (non-hydrogen) atoms. The van der Waals surface area contributed by atoms with Crippen molar-refractivity contribution < 1.29 is 18.0 Å². The molecule has 0 spiro atoms. The fourth-order valence-corrected chi connectivity index (χ4v) is 4.67. The zero-order valence-corrected chi connectivity index (χ0v) is 16.9. The smallest absolute Gasteiger partial charge is 0.308 e. The molecule has 0 atom stereocenters. The number of rotatable bonds is 4. The van der Waals surface area contributed by atoms with Gasteiger partial charge in [0.2, 0.25) is 0 Å². The molecule has 156 valence electrons. The predicted molar refractivity (Wildman–Crippen MR) is 112 cm³/mol. The first-order valence-electron chi connectivity index (χ1n) is 9.78. The quantitative estimate of drug-likeness (QED) is 0.441. The van der Waals surface area contributed by atoms with Crippen LogP contribution in [0.25, 0.3) is 10.4 Å². The van der Waals surface area contributed by atoms with Gasteiger partial charge in [-0.2, -0.15) is 0 Å². The normalized spacial score (nSPS) is 14.5. The Morgan fingerprint density at radius 3 is 2.37 bits per heavy atom. The van der Waals surface area contributed by atoms with Crippen LogP contribution < -0.4 is 10.6 Å². The molecule has 0 aliphatic heterocycles. The standard InChI is InChI=1S/C22H20F3N3OS/c23-16-10-18(25)19(11-17(16)24)28-22(29)27-15-8-6-13(7-9-15)20-12-26-21(30-20)14-4-2-1-3-5-14/h6-12,14H,1-5H2,(H2,27,28,29). The van der Waals surface area contributed by atoms with Crippen LogP contribution in [0, 0.1) is 17.5 Å². The Kier molecular flexibility index (Phi) is 6.03. The van der Waals surface area contributed by atoms with Gasteiger partial charge in [-0.05, 0) is 30.5 Å². The molecule has 1 fully saturated rings. The first-order valence-corrected chi connectivity index (χ1v) is 10.6. The van der Waals surface area contributed by atoms with E-state index in [0.717, 1.165) is 10.4 Å². The molecule has 2 N–H and O–H groups in total. The maximum Gasteiger partial charge on any atom is 0.323 e. The molecule has 0 unspecified atom stereocenters. The summed E-state index contributed by atoms with van der Waals surface area (Å²) in [6.07, 6.45) is 8.11. The zero-order valence-electron chi connectivity index (χ0n) is 16.1. The molecule has 2 aromatic carbocycles. The highest BCUT2D eigenvalue weighted by atomic mass is 32.1. The van der Waals surface area contributed by atoms with Crippen molar-refractivity contribution in [2.24, 2.45) is 0 Å². The predicted octanol–water partition coefficient (Wildman–Crippen LogP) is 6.92. The van der Waals surface area contributed by atoms with Gasteiger partial charge in [0.1, 0.15) is 5.82 Å². The Morgan fingerprint density at radius 1 is 0.933 bits per heavy atom. The largest absolute Gasteiger partial charge is 0.323 e. The highest BCUT2D eigenvalue weighted by Gasteiger charge is 2.19. The van der Waals surface area contributed by atoms with Crippen molar-refractivity contribution in [2.75, 3.05) is 10.6 Å². The van der Waals surface area contributed by atoms with E-state index in [1.54, 1.807) is 23.5 Å². The van der Waals surface area contributed by atoms with Crippen LogP contribution >= 0.6 is 11.3 Å². The number of carbonyl (C=O) groups is 1. The summed E-state index contributed by atoms with van der Waals surface area (Å²) >= 11 is 1.70. The monoisotopic (exact) mass is 431 g/mol. The lowest BCUT2D eigenvalue weighted by Gasteiger charge is -2.18. The molecule has 8 heteroatoms. The van der Waals surface area contributed by atoms with E-state index in [0.29, 0.717) is 23.7 Å². The molecule has 0 saturated heterocycles. The van der Waals surface area contributed by atoms with Crippen molar-refractivity contribution in [3.05, 3.63) is 65.1 Å². The van der Waals surface area contributed by atoms with E-state index in [2.05, 4.69) is 15.6 Å². The molecule has 0 radical (unpaired) electrons. The van der Waals surface area contributed by atoms with Crippen LogP contribution in [0.3, 0.4) is 0 Å². The van der Waals surface area contributed by atoms with Crippen molar-refractivity contribution in [3.8, 4) is 10.4 Å². The number of carbonyl (C=O) groups excluding carboxylic acids is 1. The minimum atomic E-state index is -1.32. The van der Waals surface area contributed by atoms with E-state index in [9.17, 15) is 18.0 Å². The van der Waals surface area contributed by atoms with Gasteiger partial charge in [-0.15, -0.1) is 11.3 Å². The Labute approximate surface area is 176 Å². The molecular weight excluding hydrogens is 411 g/mol. The van der Waals surface area contributed by atoms with E-state index in [-0.39, 0.29) is 0 Å². The summed E-state index contributed by atoms with van der Waals surface area (Å²) < 4.78 is 39.9. The number of nitrogens with zero attached hydrogens (tertiary/aromatic N) is 1. The Morgan fingerprint density at radius 2 is 1.63 bits per heavy atom. The summed E-state index contributed by atoms with van der Waals surface area (Å²) in [5.74, 6) is -3.06. The number of aromatic nitrogens is 1. The fourth-order valence-electron chi connectivity index (χ4n) is 3.58. The number of benzene rings is 2. The molecule has 1 aromatic heterocycles. The minimum absolute atomic E-state index is 0.385. The third-order valence-electron chi connectivity index (χ3n) is 5.16. The summed E-state index contributed by atoms with van der Waals surface area (Å²) in [4.78, 5) is 17.7. The molecule has 1 saturated carbocycles. The first kappa shape index (κ1) is 20.4. The van der Waals surface area contributed by atoms with E-state index < -0.39 is 29.2 Å². The lowest BCUT2D eigenvalue weighted by Crippen LogP contribution is -2.20. The number of hydrogen-bond donors (Lipinski definition) is 2. The van der Waals surface area contributed by atoms with E-state index in [1.165, 1.54) is 37.1 Å². The second kappa shape index (κ2) is 8.87. The third kappa shape index (κ3) is 4.64. The van der Waals surface area contributed by atoms with Gasteiger partial charge in [-0.25, -0.2) is 22.9 Å². The minimum Gasteiger partial charge on any atom is -0.308 e. The highest BCUT2D eigenvalue weighted by Crippen LogP contribution is 2.37. The van der Waals surface area contributed by atoms with Crippen molar-refractivity contribution in [3.63, 3.8) is 0 Å². The second-order valence-corrected chi connectivity index (χ2v) is 8.36. The van der Waals surface area contributed by atoms with Gasteiger partial charge in [-0.3, -0.25) is 0 Å². The van der Waals surface area contributed by atoms with Crippen molar-refractivity contribution in [2.45, 2.75) is 38.0 Å². The highest BCUT2D eigenvalue weighted by molar-refractivity contribution is 7.15. The zero-order chi connectivity index (χ0) is 21.1. The molecule has 3 aromatic rings. The average molecular weight is 431 g/mol. The van der Waals surface area contributed by atoms with Crippen LogP contribution in [0.15, 0.2) is 42.6 Å². The van der Waals surface area contributed by atoms with Gasteiger partial charge >= 0.3 is 6.03 Å². The second-order valence-electron chi connectivity index (χ2n) is 7.30. The van der Waals surface area contributed by atoms with Crippen LogP contribution in [0.2, 0.25) is 0 Å². The summed E-state index contributed by atoms with van der Waals surface area (Å²) in [5.41, 5.74) is 1.03. The SMILES string of the molecule is O=C(Nc1ccc(-c2cnc(C3CCCCC3)s2)cc1)Nc1cc(F)c(F)cc1F. The fraction of sp³-hybridized carbons (Fsp3) is 0.273. The number of hydrogen-bond acceptors (Lipinski definition) is 3. The van der Waals surface area contributed by atoms with Crippen LogP contribution in [0.5, 0.6) is 0 Å². The van der Waals surface area contributed by atoms with E-state index >= 15 is 0 Å². The van der Waals surface area contributed by atoms with Crippen LogP contribution in [0.1, 0.15) is 43.0 Å².